The lowest BCUT2D eigenvalue weighted by molar-refractivity contribution is 0.527. The van der Waals surface area contributed by atoms with Gasteiger partial charge in [0.15, 0.2) is 0 Å². The van der Waals surface area contributed by atoms with E-state index in [4.69, 9.17) is 0 Å². The lowest BCUT2D eigenvalue weighted by atomic mass is 10.2. The van der Waals surface area contributed by atoms with Crippen molar-refractivity contribution in [3.63, 3.8) is 0 Å². The maximum absolute atomic E-state index is 11.9. The summed E-state index contributed by atoms with van der Waals surface area (Å²) < 4.78 is 16.5. The average molecular weight is 243 g/mol. The van der Waals surface area contributed by atoms with Crippen molar-refractivity contribution >= 4 is 11.4 Å². The van der Waals surface area contributed by atoms with Crippen LogP contribution in [-0.2, 0) is 18.4 Å². The molecule has 1 rings (SSSR count). The van der Waals surface area contributed by atoms with E-state index in [0.29, 0.717) is 0 Å². The van der Waals surface area contributed by atoms with Crippen molar-refractivity contribution in [2.24, 2.45) is 7.05 Å². The molecule has 0 aliphatic heterocycles. The molecule has 0 amide bonds. The Morgan fingerprint density at radius 3 is 2.44 bits per heavy atom. The summed E-state index contributed by atoms with van der Waals surface area (Å²) in [5.74, 6) is 0. The quantitative estimate of drug-likeness (QED) is 0.824. The van der Waals surface area contributed by atoms with Gasteiger partial charge in [-0.25, -0.2) is 0 Å². The first-order chi connectivity index (χ1) is 7.21. The molecule has 5 heteroatoms. The number of rotatable bonds is 3. The lowest BCUT2D eigenvalue weighted by Crippen LogP contribution is -2.40. The van der Waals surface area contributed by atoms with Gasteiger partial charge in [-0.05, 0) is 40.2 Å². The molecule has 0 fully saturated rings. The Bertz CT molecular complexity index is 357. The Hall–Kier alpha value is -0.520. The van der Waals surface area contributed by atoms with Gasteiger partial charge in [0, 0.05) is 24.6 Å². The Labute approximate surface area is 101 Å². The minimum Gasteiger partial charge on any atom is -0.598 e. The molecule has 0 bridgehead atoms. The van der Waals surface area contributed by atoms with E-state index in [1.165, 1.54) is 0 Å². The van der Waals surface area contributed by atoms with Crippen LogP contribution in [0.5, 0.6) is 0 Å². The smallest absolute Gasteiger partial charge is 0.136 e. The van der Waals surface area contributed by atoms with Gasteiger partial charge in [0.2, 0.25) is 0 Å². The van der Waals surface area contributed by atoms with Crippen molar-refractivity contribution in [3.05, 3.63) is 17.5 Å². The zero-order chi connectivity index (χ0) is 12.5. The highest BCUT2D eigenvalue weighted by molar-refractivity contribution is 7.90. The monoisotopic (exact) mass is 243 g/mol. The summed E-state index contributed by atoms with van der Waals surface area (Å²) in [6, 6.07) is 0.00117. The normalized spacial score (nSPS) is 16.2. The fraction of sp³-hybridized carbons (Fsp3) is 0.727. The second kappa shape index (κ2) is 4.77. The predicted molar refractivity (Wildman–Crippen MR) is 67.4 cm³/mol. The lowest BCUT2D eigenvalue weighted by Gasteiger charge is -2.26. The van der Waals surface area contributed by atoms with E-state index in [0.717, 1.165) is 11.3 Å². The standard InChI is InChI=1S/C11H21N3OS/c1-8-7-14(6)12-10(8)9(2)13-16(15)11(3,4)5/h7,9,13H,1-6H3/t9-,16?/m1/s1. The molecule has 0 saturated carbocycles. The molecule has 92 valence electrons. The number of hydrogen-bond acceptors (Lipinski definition) is 3. The minimum absolute atomic E-state index is 0.00117. The van der Waals surface area contributed by atoms with Gasteiger partial charge in [0.25, 0.3) is 0 Å². The van der Waals surface area contributed by atoms with Crippen LogP contribution in [-0.4, -0.2) is 19.1 Å². The summed E-state index contributed by atoms with van der Waals surface area (Å²) in [5.41, 5.74) is 2.08. The molecule has 0 spiro atoms. The summed E-state index contributed by atoms with van der Waals surface area (Å²) >= 11 is -1.07. The number of nitrogens with zero attached hydrogens (tertiary/aromatic N) is 2. The topological polar surface area (TPSA) is 52.9 Å². The van der Waals surface area contributed by atoms with Crippen LogP contribution in [0.25, 0.3) is 0 Å². The van der Waals surface area contributed by atoms with Crippen LogP contribution in [0.3, 0.4) is 0 Å². The zero-order valence-electron chi connectivity index (χ0n) is 10.9. The molecule has 1 heterocycles. The van der Waals surface area contributed by atoms with Gasteiger partial charge in [0.1, 0.15) is 4.75 Å². The van der Waals surface area contributed by atoms with Crippen LogP contribution >= 0.6 is 0 Å². The maximum atomic E-state index is 11.9. The van der Waals surface area contributed by atoms with Gasteiger partial charge in [-0.2, -0.15) is 5.10 Å². The SMILES string of the molecule is Cc1cn(C)nc1[C@@H](C)N[S+]([O-])C(C)(C)C. The molecule has 0 aromatic carbocycles. The van der Waals surface area contributed by atoms with Gasteiger partial charge in [0.05, 0.1) is 11.7 Å². The summed E-state index contributed by atoms with van der Waals surface area (Å²) in [6.07, 6.45) is 1.97. The van der Waals surface area contributed by atoms with Crippen molar-refractivity contribution in [1.29, 1.82) is 0 Å². The van der Waals surface area contributed by atoms with E-state index in [9.17, 15) is 4.55 Å². The zero-order valence-corrected chi connectivity index (χ0v) is 11.7. The third-order valence-electron chi connectivity index (χ3n) is 2.30. The van der Waals surface area contributed by atoms with E-state index < -0.39 is 11.4 Å². The molecular weight excluding hydrogens is 222 g/mol. The van der Waals surface area contributed by atoms with Crippen LogP contribution in [0, 0.1) is 6.92 Å². The molecule has 1 N–H and O–H groups in total. The molecule has 1 aromatic heterocycles. The first kappa shape index (κ1) is 13.5. The molecule has 0 radical (unpaired) electrons. The highest BCUT2D eigenvalue weighted by atomic mass is 32.2. The predicted octanol–water partition coefficient (Wildman–Crippen LogP) is 1.84. The summed E-state index contributed by atoms with van der Waals surface area (Å²) in [4.78, 5) is 0. The first-order valence-corrected chi connectivity index (χ1v) is 6.55. The third kappa shape index (κ3) is 3.23. The van der Waals surface area contributed by atoms with Crippen LogP contribution in [0.2, 0.25) is 0 Å². The highest BCUT2D eigenvalue weighted by Crippen LogP contribution is 2.20. The van der Waals surface area contributed by atoms with Crippen molar-refractivity contribution < 1.29 is 4.55 Å². The minimum atomic E-state index is -1.07. The number of aryl methyl sites for hydroxylation is 2. The van der Waals surface area contributed by atoms with Crippen molar-refractivity contribution in [1.82, 2.24) is 14.5 Å². The second-order valence-electron chi connectivity index (χ2n) is 5.09. The van der Waals surface area contributed by atoms with Gasteiger partial charge in [-0.1, -0.05) is 0 Å². The molecule has 16 heavy (non-hydrogen) atoms. The number of nitrogens with one attached hydrogen (secondary N) is 1. The number of aromatic nitrogens is 2. The van der Waals surface area contributed by atoms with Gasteiger partial charge in [-0.15, -0.1) is 4.72 Å². The largest absolute Gasteiger partial charge is 0.598 e. The van der Waals surface area contributed by atoms with Gasteiger partial charge >= 0.3 is 0 Å². The molecule has 0 aliphatic rings. The molecule has 4 nitrogen and oxygen atoms in total. The van der Waals surface area contributed by atoms with Crippen LogP contribution < -0.4 is 4.72 Å². The summed E-state index contributed by atoms with van der Waals surface area (Å²) in [7, 11) is 1.89. The van der Waals surface area contributed by atoms with Crippen LogP contribution in [0.15, 0.2) is 6.20 Å². The van der Waals surface area contributed by atoms with Crippen LogP contribution in [0.1, 0.15) is 45.0 Å². The molecule has 1 aromatic rings. The molecular formula is C11H21N3OS. The molecule has 0 saturated heterocycles. The van der Waals surface area contributed by atoms with E-state index >= 15 is 0 Å². The van der Waals surface area contributed by atoms with E-state index in [1.807, 2.05) is 47.9 Å². The Morgan fingerprint density at radius 2 is 2.06 bits per heavy atom. The molecule has 2 atom stereocenters. The van der Waals surface area contributed by atoms with Crippen molar-refractivity contribution in [3.8, 4) is 0 Å². The van der Waals surface area contributed by atoms with E-state index in [-0.39, 0.29) is 10.8 Å². The summed E-state index contributed by atoms with van der Waals surface area (Å²) in [5, 5.41) is 4.36. The maximum Gasteiger partial charge on any atom is 0.136 e. The third-order valence-corrected chi connectivity index (χ3v) is 3.98. The Kier molecular flexibility index (Phi) is 4.04. The second-order valence-corrected chi connectivity index (χ2v) is 7.09. The molecule has 1 unspecified atom stereocenters. The van der Waals surface area contributed by atoms with E-state index in [1.54, 1.807) is 4.68 Å². The van der Waals surface area contributed by atoms with Crippen molar-refractivity contribution in [2.45, 2.75) is 45.4 Å². The van der Waals surface area contributed by atoms with Gasteiger partial charge in [-0.3, -0.25) is 4.68 Å². The van der Waals surface area contributed by atoms with Crippen LogP contribution in [0.4, 0.5) is 0 Å². The first-order valence-electron chi connectivity index (χ1n) is 5.40. The fourth-order valence-electron chi connectivity index (χ4n) is 1.45. The Balaban J connectivity index is 2.73. The van der Waals surface area contributed by atoms with E-state index in [2.05, 4.69) is 9.82 Å². The number of hydrogen-bond donors (Lipinski definition) is 1. The Morgan fingerprint density at radius 1 is 1.50 bits per heavy atom. The van der Waals surface area contributed by atoms with Crippen molar-refractivity contribution in [2.75, 3.05) is 0 Å². The fourth-order valence-corrected chi connectivity index (χ4v) is 2.23. The molecule has 0 aliphatic carbocycles. The van der Waals surface area contributed by atoms with Gasteiger partial charge < -0.3 is 4.55 Å². The average Bonchev–Trinajstić information content (AvgIpc) is 2.43. The summed E-state index contributed by atoms with van der Waals surface area (Å²) in [6.45, 7) is 9.86. The highest BCUT2D eigenvalue weighted by Gasteiger charge is 2.29.